The fourth-order valence-electron chi connectivity index (χ4n) is 1.72. The number of thiophene rings is 1. The summed E-state index contributed by atoms with van der Waals surface area (Å²) < 4.78 is 8.83. The molecule has 0 fully saturated rings. The highest BCUT2D eigenvalue weighted by molar-refractivity contribution is 7.11. The van der Waals surface area contributed by atoms with Crippen LogP contribution in [-0.4, -0.2) is 24.0 Å². The molecule has 0 aromatic carbocycles. The van der Waals surface area contributed by atoms with Crippen LogP contribution in [0.25, 0.3) is 0 Å². The highest BCUT2D eigenvalue weighted by Gasteiger charge is 2.23. The first-order valence-corrected chi connectivity index (χ1v) is 7.43. The molecule has 0 saturated carbocycles. The van der Waals surface area contributed by atoms with Gasteiger partial charge in [-0.2, -0.15) is 4.37 Å². The van der Waals surface area contributed by atoms with E-state index in [1.807, 2.05) is 18.4 Å². The molecule has 7 heteroatoms. The van der Waals surface area contributed by atoms with E-state index in [0.717, 1.165) is 18.1 Å². The third kappa shape index (κ3) is 2.87. The van der Waals surface area contributed by atoms with Crippen LogP contribution in [0, 0.1) is 0 Å². The van der Waals surface area contributed by atoms with Crippen molar-refractivity contribution in [3.63, 3.8) is 0 Å². The standard InChI is InChI=1S/C12H15N3O2S2/c1-3-15(7-8-5-4-6-18-8)11-9(12(16)17-2)10(13)14-19-11/h4-6H,3,7H2,1-2H3,(H2,13,14). The predicted octanol–water partition coefficient (Wildman–Crippen LogP) is 2.60. The Morgan fingerprint density at radius 1 is 1.58 bits per heavy atom. The van der Waals surface area contributed by atoms with Crippen LogP contribution in [0.1, 0.15) is 22.2 Å². The summed E-state index contributed by atoms with van der Waals surface area (Å²) >= 11 is 2.91. The third-order valence-electron chi connectivity index (χ3n) is 2.69. The van der Waals surface area contributed by atoms with Crippen molar-refractivity contribution in [2.24, 2.45) is 0 Å². The summed E-state index contributed by atoms with van der Waals surface area (Å²) in [5.41, 5.74) is 6.12. The number of hydrogen-bond acceptors (Lipinski definition) is 7. The fourth-order valence-corrected chi connectivity index (χ4v) is 3.30. The van der Waals surface area contributed by atoms with E-state index in [9.17, 15) is 4.79 Å². The van der Waals surface area contributed by atoms with Gasteiger partial charge in [-0.15, -0.1) is 11.3 Å². The number of esters is 1. The SMILES string of the molecule is CCN(Cc1cccs1)c1snc(N)c1C(=O)OC. The van der Waals surface area contributed by atoms with E-state index in [4.69, 9.17) is 10.5 Å². The van der Waals surface area contributed by atoms with Crippen LogP contribution in [-0.2, 0) is 11.3 Å². The maximum atomic E-state index is 11.8. The number of hydrogen-bond donors (Lipinski definition) is 1. The molecule has 0 bridgehead atoms. The van der Waals surface area contributed by atoms with Gasteiger partial charge < -0.3 is 15.4 Å². The van der Waals surface area contributed by atoms with E-state index in [-0.39, 0.29) is 5.82 Å². The Balaban J connectivity index is 2.30. The van der Waals surface area contributed by atoms with E-state index >= 15 is 0 Å². The molecule has 2 aromatic rings. The minimum Gasteiger partial charge on any atom is -0.465 e. The molecule has 5 nitrogen and oxygen atoms in total. The number of nitrogens with zero attached hydrogens (tertiary/aromatic N) is 2. The van der Waals surface area contributed by atoms with E-state index in [0.29, 0.717) is 5.56 Å². The Bertz CT molecular complexity index is 551. The van der Waals surface area contributed by atoms with Gasteiger partial charge in [-0.25, -0.2) is 4.79 Å². The molecule has 2 rings (SSSR count). The number of ether oxygens (including phenoxy) is 1. The minimum atomic E-state index is -0.439. The average Bonchev–Trinajstić information content (AvgIpc) is 3.04. The second-order valence-corrected chi connectivity index (χ2v) is 5.62. The van der Waals surface area contributed by atoms with E-state index in [1.54, 1.807) is 11.3 Å². The number of methoxy groups -OCH3 is 1. The molecule has 0 unspecified atom stereocenters. The first-order chi connectivity index (χ1) is 9.17. The summed E-state index contributed by atoms with van der Waals surface area (Å²) in [6.07, 6.45) is 0. The molecule has 0 spiro atoms. The number of rotatable bonds is 5. The van der Waals surface area contributed by atoms with Crippen molar-refractivity contribution in [1.29, 1.82) is 0 Å². The third-order valence-corrected chi connectivity index (χ3v) is 4.47. The van der Waals surface area contributed by atoms with Crippen molar-refractivity contribution in [2.75, 3.05) is 24.3 Å². The second-order valence-electron chi connectivity index (χ2n) is 3.83. The van der Waals surface area contributed by atoms with Crippen LogP contribution in [0.4, 0.5) is 10.8 Å². The second kappa shape index (κ2) is 6.03. The normalized spacial score (nSPS) is 10.4. The van der Waals surface area contributed by atoms with Gasteiger partial charge in [-0.3, -0.25) is 0 Å². The molecule has 19 heavy (non-hydrogen) atoms. The number of carbonyl (C=O) groups is 1. The van der Waals surface area contributed by atoms with Gasteiger partial charge in [0.05, 0.1) is 13.7 Å². The zero-order valence-corrected chi connectivity index (χ0v) is 12.4. The Morgan fingerprint density at radius 3 is 2.95 bits per heavy atom. The van der Waals surface area contributed by atoms with Crippen LogP contribution in [0.5, 0.6) is 0 Å². The van der Waals surface area contributed by atoms with E-state index in [1.165, 1.54) is 23.5 Å². The molecular weight excluding hydrogens is 282 g/mol. The number of nitrogens with two attached hydrogens (primary N) is 1. The Labute approximate surface area is 119 Å². The largest absolute Gasteiger partial charge is 0.465 e. The van der Waals surface area contributed by atoms with Crippen LogP contribution >= 0.6 is 22.9 Å². The first-order valence-electron chi connectivity index (χ1n) is 5.78. The monoisotopic (exact) mass is 297 g/mol. The lowest BCUT2D eigenvalue weighted by Gasteiger charge is -2.20. The van der Waals surface area contributed by atoms with Crippen LogP contribution in [0.3, 0.4) is 0 Å². The summed E-state index contributed by atoms with van der Waals surface area (Å²) in [6, 6.07) is 4.08. The average molecular weight is 297 g/mol. The number of anilines is 2. The van der Waals surface area contributed by atoms with E-state index < -0.39 is 5.97 Å². The van der Waals surface area contributed by atoms with Gasteiger partial charge in [0.2, 0.25) is 0 Å². The van der Waals surface area contributed by atoms with Crippen molar-refractivity contribution >= 4 is 39.7 Å². The topological polar surface area (TPSA) is 68.5 Å². The summed E-state index contributed by atoms with van der Waals surface area (Å²) in [7, 11) is 1.35. The van der Waals surface area contributed by atoms with Crippen molar-refractivity contribution in [1.82, 2.24) is 4.37 Å². The zero-order chi connectivity index (χ0) is 13.8. The molecule has 2 N–H and O–H groups in total. The lowest BCUT2D eigenvalue weighted by atomic mass is 10.3. The minimum absolute atomic E-state index is 0.233. The van der Waals surface area contributed by atoms with E-state index in [2.05, 4.69) is 15.3 Å². The lowest BCUT2D eigenvalue weighted by molar-refractivity contribution is 0.0603. The molecule has 0 radical (unpaired) electrons. The number of aromatic nitrogens is 1. The maximum absolute atomic E-state index is 11.8. The van der Waals surface area contributed by atoms with Gasteiger partial charge in [-0.05, 0) is 29.9 Å². The van der Waals surface area contributed by atoms with Gasteiger partial charge in [-0.1, -0.05) is 6.07 Å². The Hall–Kier alpha value is -1.60. The van der Waals surface area contributed by atoms with Crippen molar-refractivity contribution in [2.45, 2.75) is 13.5 Å². The van der Waals surface area contributed by atoms with Crippen LogP contribution in [0.15, 0.2) is 17.5 Å². The zero-order valence-electron chi connectivity index (χ0n) is 10.8. The molecule has 0 saturated heterocycles. The molecule has 2 heterocycles. The molecule has 0 aliphatic heterocycles. The Kier molecular flexibility index (Phi) is 4.39. The van der Waals surface area contributed by atoms with Gasteiger partial charge in [0.25, 0.3) is 0 Å². The maximum Gasteiger partial charge on any atom is 0.344 e. The molecular formula is C12H15N3O2S2. The van der Waals surface area contributed by atoms with Crippen molar-refractivity contribution < 1.29 is 9.53 Å². The molecule has 0 aliphatic rings. The van der Waals surface area contributed by atoms with Crippen molar-refractivity contribution in [3.05, 3.63) is 28.0 Å². The highest BCUT2D eigenvalue weighted by Crippen LogP contribution is 2.32. The van der Waals surface area contributed by atoms with Gasteiger partial charge >= 0.3 is 5.97 Å². The lowest BCUT2D eigenvalue weighted by Crippen LogP contribution is -2.22. The van der Waals surface area contributed by atoms with Gasteiger partial charge in [0, 0.05) is 11.4 Å². The quantitative estimate of drug-likeness (QED) is 0.859. The summed E-state index contributed by atoms with van der Waals surface area (Å²) in [5, 5.41) is 2.80. The molecule has 0 aliphatic carbocycles. The smallest absolute Gasteiger partial charge is 0.344 e. The number of carbonyl (C=O) groups excluding carboxylic acids is 1. The van der Waals surface area contributed by atoms with Crippen LogP contribution in [0.2, 0.25) is 0 Å². The molecule has 0 atom stereocenters. The highest BCUT2D eigenvalue weighted by atomic mass is 32.1. The van der Waals surface area contributed by atoms with Gasteiger partial charge in [0.15, 0.2) is 5.82 Å². The molecule has 102 valence electrons. The Morgan fingerprint density at radius 2 is 2.37 bits per heavy atom. The summed E-state index contributed by atoms with van der Waals surface area (Å²) in [5.74, 6) is -0.206. The molecule has 0 amide bonds. The first kappa shape index (κ1) is 13.8. The van der Waals surface area contributed by atoms with Crippen molar-refractivity contribution in [3.8, 4) is 0 Å². The predicted molar refractivity (Wildman–Crippen MR) is 78.9 cm³/mol. The van der Waals surface area contributed by atoms with Crippen LogP contribution < -0.4 is 10.6 Å². The van der Waals surface area contributed by atoms with Gasteiger partial charge in [0.1, 0.15) is 10.6 Å². The summed E-state index contributed by atoms with van der Waals surface area (Å²) in [4.78, 5) is 15.1. The molecule has 2 aromatic heterocycles. The summed E-state index contributed by atoms with van der Waals surface area (Å²) in [6.45, 7) is 3.54. The fraction of sp³-hybridized carbons (Fsp3) is 0.333. The number of nitrogen functional groups attached to an aromatic ring is 1.